The van der Waals surface area contributed by atoms with E-state index in [-0.39, 0.29) is 18.7 Å². The van der Waals surface area contributed by atoms with Crippen LogP contribution >= 0.6 is 0 Å². The number of aliphatic hydroxyl groups excluding tert-OH is 1. The topological polar surface area (TPSA) is 87.7 Å². The molecule has 2 amide bonds. The molecule has 3 N–H and O–H groups in total. The van der Waals surface area contributed by atoms with Crippen molar-refractivity contribution in [1.29, 1.82) is 0 Å². The van der Waals surface area contributed by atoms with Gasteiger partial charge < -0.3 is 20.5 Å². The van der Waals surface area contributed by atoms with Gasteiger partial charge in [-0.2, -0.15) is 13.2 Å². The van der Waals surface area contributed by atoms with E-state index in [1.54, 1.807) is 24.3 Å². The fraction of sp³-hybridized carbons (Fsp3) is 0.263. The Kier molecular flexibility index (Phi) is 7.00. The quantitative estimate of drug-likeness (QED) is 0.654. The van der Waals surface area contributed by atoms with Gasteiger partial charge in [-0.15, -0.1) is 0 Å². The molecule has 0 bridgehead atoms. The van der Waals surface area contributed by atoms with Gasteiger partial charge in [-0.1, -0.05) is 24.3 Å². The van der Waals surface area contributed by atoms with E-state index in [0.717, 1.165) is 29.8 Å². The van der Waals surface area contributed by atoms with Gasteiger partial charge >= 0.3 is 18.0 Å². The summed E-state index contributed by atoms with van der Waals surface area (Å²) < 4.78 is 42.7. The zero-order valence-corrected chi connectivity index (χ0v) is 14.9. The maximum Gasteiger partial charge on any atom is 0.416 e. The van der Waals surface area contributed by atoms with Gasteiger partial charge in [-0.25, -0.2) is 0 Å². The van der Waals surface area contributed by atoms with Gasteiger partial charge in [-0.05, 0) is 35.4 Å². The lowest BCUT2D eigenvalue weighted by Gasteiger charge is -2.13. The maximum atomic E-state index is 12.5. The first kappa shape index (κ1) is 21.2. The van der Waals surface area contributed by atoms with Crippen molar-refractivity contribution in [2.75, 3.05) is 13.7 Å². The van der Waals surface area contributed by atoms with E-state index in [2.05, 4.69) is 10.6 Å². The van der Waals surface area contributed by atoms with Crippen molar-refractivity contribution in [2.24, 2.45) is 0 Å². The molecule has 0 spiro atoms. The second-order valence-electron chi connectivity index (χ2n) is 5.88. The van der Waals surface area contributed by atoms with Crippen LogP contribution in [0.4, 0.5) is 13.2 Å². The Labute approximate surface area is 159 Å². The van der Waals surface area contributed by atoms with Gasteiger partial charge in [-0.3, -0.25) is 9.59 Å². The van der Waals surface area contributed by atoms with Gasteiger partial charge in [0.05, 0.1) is 18.8 Å². The van der Waals surface area contributed by atoms with E-state index in [4.69, 9.17) is 4.74 Å². The normalized spacial score (nSPS) is 12.2. The largest absolute Gasteiger partial charge is 0.497 e. The van der Waals surface area contributed by atoms with E-state index in [0.29, 0.717) is 5.75 Å². The standard InChI is InChI=1S/C19H19F3N2O4/c1-28-15-4-2-3-12(9-15)10-23-17(26)18(27)24-11-16(25)13-5-7-14(8-6-13)19(20,21)22/h2-9,16,25H,10-11H2,1H3,(H,23,26)(H,24,27)/t16-/m1/s1. The van der Waals surface area contributed by atoms with Crippen LogP contribution in [0.1, 0.15) is 22.8 Å². The predicted molar refractivity (Wildman–Crippen MR) is 94.3 cm³/mol. The Bertz CT molecular complexity index is 823. The highest BCUT2D eigenvalue weighted by atomic mass is 19.4. The van der Waals surface area contributed by atoms with Crippen molar-refractivity contribution in [3.8, 4) is 5.75 Å². The van der Waals surface area contributed by atoms with Crippen LogP contribution in [0.3, 0.4) is 0 Å². The van der Waals surface area contributed by atoms with E-state index < -0.39 is 29.7 Å². The van der Waals surface area contributed by atoms with Crippen LogP contribution in [0, 0.1) is 0 Å². The molecule has 2 aromatic carbocycles. The number of halogens is 3. The van der Waals surface area contributed by atoms with Gasteiger partial charge in [0.1, 0.15) is 5.75 Å². The lowest BCUT2D eigenvalue weighted by molar-refractivity contribution is -0.139. The molecule has 9 heteroatoms. The van der Waals surface area contributed by atoms with Crippen LogP contribution in [-0.4, -0.2) is 30.6 Å². The van der Waals surface area contributed by atoms with E-state index >= 15 is 0 Å². The third kappa shape index (κ3) is 5.98. The maximum absolute atomic E-state index is 12.5. The SMILES string of the molecule is COc1cccc(CNC(=O)C(=O)NC[C@@H](O)c2ccc(C(F)(F)F)cc2)c1. The molecule has 0 aliphatic carbocycles. The molecule has 150 valence electrons. The molecule has 0 radical (unpaired) electrons. The van der Waals surface area contributed by atoms with Gasteiger partial charge in [0.2, 0.25) is 0 Å². The zero-order valence-electron chi connectivity index (χ0n) is 14.9. The molecule has 0 heterocycles. The number of nitrogens with one attached hydrogen (secondary N) is 2. The molecule has 0 fully saturated rings. The molecule has 0 unspecified atom stereocenters. The Hall–Kier alpha value is -3.07. The third-order valence-electron chi connectivity index (χ3n) is 3.87. The van der Waals surface area contributed by atoms with Crippen LogP contribution in [0.2, 0.25) is 0 Å². The van der Waals surface area contributed by atoms with Crippen LogP contribution in [0.25, 0.3) is 0 Å². The Morgan fingerprint density at radius 3 is 2.32 bits per heavy atom. The Morgan fingerprint density at radius 2 is 1.71 bits per heavy atom. The summed E-state index contributed by atoms with van der Waals surface area (Å²) in [4.78, 5) is 23.6. The molecule has 1 atom stereocenters. The van der Waals surface area contributed by atoms with E-state index in [9.17, 15) is 27.9 Å². The molecule has 0 aromatic heterocycles. The monoisotopic (exact) mass is 396 g/mol. The number of amides is 2. The number of hydrogen-bond donors (Lipinski definition) is 3. The molecule has 0 aliphatic heterocycles. The minimum atomic E-state index is -4.47. The molecule has 0 saturated carbocycles. The summed E-state index contributed by atoms with van der Waals surface area (Å²) in [6.07, 6.45) is -5.73. The summed E-state index contributed by atoms with van der Waals surface area (Å²) in [6, 6.07) is 10.8. The van der Waals surface area contributed by atoms with Crippen LogP contribution in [-0.2, 0) is 22.3 Å². The van der Waals surface area contributed by atoms with Crippen molar-refractivity contribution in [3.05, 3.63) is 65.2 Å². The Balaban J connectivity index is 1.82. The highest BCUT2D eigenvalue weighted by Gasteiger charge is 2.30. The van der Waals surface area contributed by atoms with Gasteiger partial charge in [0, 0.05) is 13.1 Å². The highest BCUT2D eigenvalue weighted by molar-refractivity contribution is 6.35. The zero-order chi connectivity index (χ0) is 20.7. The molecule has 2 aromatic rings. The van der Waals surface area contributed by atoms with Crippen molar-refractivity contribution < 1.29 is 32.6 Å². The number of methoxy groups -OCH3 is 1. The summed E-state index contributed by atoms with van der Waals surface area (Å²) >= 11 is 0. The van der Waals surface area contributed by atoms with Crippen molar-refractivity contribution in [3.63, 3.8) is 0 Å². The van der Waals surface area contributed by atoms with Crippen molar-refractivity contribution >= 4 is 11.8 Å². The van der Waals surface area contributed by atoms with Crippen LogP contribution < -0.4 is 15.4 Å². The van der Waals surface area contributed by atoms with Gasteiger partial charge in [0.15, 0.2) is 0 Å². The van der Waals surface area contributed by atoms with Crippen LogP contribution in [0.5, 0.6) is 5.75 Å². The number of carbonyl (C=O) groups is 2. The summed E-state index contributed by atoms with van der Waals surface area (Å²) in [6.45, 7) is -0.221. The smallest absolute Gasteiger partial charge is 0.416 e. The summed E-state index contributed by atoms with van der Waals surface area (Å²) in [5.74, 6) is -1.26. The first-order valence-electron chi connectivity index (χ1n) is 8.25. The first-order valence-corrected chi connectivity index (χ1v) is 8.25. The summed E-state index contributed by atoms with van der Waals surface area (Å²) in [5.41, 5.74) is 0.0692. The lowest BCUT2D eigenvalue weighted by Crippen LogP contribution is -2.41. The van der Waals surface area contributed by atoms with Crippen LogP contribution in [0.15, 0.2) is 48.5 Å². The fourth-order valence-corrected chi connectivity index (χ4v) is 2.33. The second kappa shape index (κ2) is 9.23. The number of aliphatic hydroxyl groups is 1. The number of hydrogen-bond acceptors (Lipinski definition) is 4. The number of benzene rings is 2. The number of alkyl halides is 3. The summed E-state index contributed by atoms with van der Waals surface area (Å²) in [5, 5.41) is 14.6. The van der Waals surface area contributed by atoms with E-state index in [1.807, 2.05) is 0 Å². The highest BCUT2D eigenvalue weighted by Crippen LogP contribution is 2.29. The van der Waals surface area contributed by atoms with Crippen molar-refractivity contribution in [2.45, 2.75) is 18.8 Å². The van der Waals surface area contributed by atoms with E-state index in [1.165, 1.54) is 7.11 Å². The minimum Gasteiger partial charge on any atom is -0.497 e. The minimum absolute atomic E-state index is 0.102. The van der Waals surface area contributed by atoms with Gasteiger partial charge in [0.25, 0.3) is 0 Å². The molecule has 2 rings (SSSR count). The molecule has 0 aliphatic rings. The van der Waals surface area contributed by atoms with Crippen molar-refractivity contribution in [1.82, 2.24) is 10.6 Å². The molecule has 6 nitrogen and oxygen atoms in total. The average molecular weight is 396 g/mol. The number of ether oxygens (including phenoxy) is 1. The predicted octanol–water partition coefficient (Wildman–Crippen LogP) is 2.18. The molecular weight excluding hydrogens is 377 g/mol. The first-order chi connectivity index (χ1) is 13.2. The Morgan fingerprint density at radius 1 is 1.07 bits per heavy atom. The molecule has 28 heavy (non-hydrogen) atoms. The lowest BCUT2D eigenvalue weighted by atomic mass is 10.1. The summed E-state index contributed by atoms with van der Waals surface area (Å²) in [7, 11) is 1.51. The number of rotatable bonds is 6. The fourth-order valence-electron chi connectivity index (χ4n) is 2.33. The average Bonchev–Trinajstić information content (AvgIpc) is 2.69. The molecular formula is C19H19F3N2O4. The molecule has 0 saturated heterocycles. The number of carbonyl (C=O) groups excluding carboxylic acids is 2. The third-order valence-corrected chi connectivity index (χ3v) is 3.87. The second-order valence-corrected chi connectivity index (χ2v) is 5.88.